The molecule has 0 fully saturated rings. The fraction of sp³-hybridized carbons (Fsp3) is 0.476. The molecular formula is C21H31N5O7S. The van der Waals surface area contributed by atoms with E-state index >= 15 is 0 Å². The summed E-state index contributed by atoms with van der Waals surface area (Å²) in [5, 5.41) is 25.7. The van der Waals surface area contributed by atoms with Gasteiger partial charge in [0.25, 0.3) is 0 Å². The third-order valence-corrected chi connectivity index (χ3v) is 5.36. The van der Waals surface area contributed by atoms with Crippen LogP contribution in [0.15, 0.2) is 30.3 Å². The van der Waals surface area contributed by atoms with Crippen LogP contribution in [-0.2, 0) is 30.4 Å². The van der Waals surface area contributed by atoms with Crippen LogP contribution in [0.2, 0.25) is 0 Å². The lowest BCUT2D eigenvalue weighted by Gasteiger charge is -2.24. The molecule has 34 heavy (non-hydrogen) atoms. The molecule has 188 valence electrons. The number of carboxylic acid groups (broad SMARTS) is 1. The Morgan fingerprint density at radius 2 is 1.50 bits per heavy atom. The van der Waals surface area contributed by atoms with Crippen molar-refractivity contribution in [1.29, 1.82) is 0 Å². The zero-order chi connectivity index (χ0) is 25.7. The van der Waals surface area contributed by atoms with Crippen LogP contribution in [-0.4, -0.2) is 82.6 Å². The Kier molecular flexibility index (Phi) is 12.6. The van der Waals surface area contributed by atoms with Crippen LogP contribution in [0.5, 0.6) is 0 Å². The predicted molar refractivity (Wildman–Crippen MR) is 125 cm³/mol. The van der Waals surface area contributed by atoms with Crippen molar-refractivity contribution >= 4 is 41.4 Å². The SMILES string of the molecule is CSCCC(NC(=O)C(CC(N)=O)NC(=O)C(N)CO)C(=O)NC(Cc1ccccc1)C(=O)O. The Bertz CT molecular complexity index is 855. The predicted octanol–water partition coefficient (Wildman–Crippen LogP) is -2.28. The molecule has 4 atom stereocenters. The minimum absolute atomic E-state index is 0.0323. The highest BCUT2D eigenvalue weighted by Gasteiger charge is 2.31. The summed E-state index contributed by atoms with van der Waals surface area (Å²) in [5.41, 5.74) is 11.3. The first-order valence-electron chi connectivity index (χ1n) is 10.4. The van der Waals surface area contributed by atoms with Gasteiger partial charge in [0, 0.05) is 6.42 Å². The van der Waals surface area contributed by atoms with E-state index in [1.54, 1.807) is 36.6 Å². The molecule has 13 heteroatoms. The fourth-order valence-corrected chi connectivity index (χ4v) is 3.34. The molecule has 0 bridgehead atoms. The number of nitrogens with two attached hydrogens (primary N) is 2. The van der Waals surface area contributed by atoms with Gasteiger partial charge in [-0.15, -0.1) is 0 Å². The number of aliphatic hydroxyl groups is 1. The van der Waals surface area contributed by atoms with E-state index in [9.17, 15) is 29.1 Å². The molecule has 9 N–H and O–H groups in total. The second kappa shape index (κ2) is 14.9. The van der Waals surface area contributed by atoms with Crippen molar-refractivity contribution in [2.45, 2.75) is 43.4 Å². The number of thioether (sulfide) groups is 1. The monoisotopic (exact) mass is 497 g/mol. The van der Waals surface area contributed by atoms with Crippen molar-refractivity contribution < 1.29 is 34.2 Å². The van der Waals surface area contributed by atoms with Gasteiger partial charge in [0.05, 0.1) is 13.0 Å². The van der Waals surface area contributed by atoms with Gasteiger partial charge in [-0.1, -0.05) is 30.3 Å². The smallest absolute Gasteiger partial charge is 0.326 e. The average Bonchev–Trinajstić information content (AvgIpc) is 2.80. The number of aliphatic hydroxyl groups excluding tert-OH is 1. The van der Waals surface area contributed by atoms with Crippen LogP contribution in [0, 0.1) is 0 Å². The number of carboxylic acids is 1. The number of primary amides is 1. The molecule has 0 radical (unpaired) electrons. The maximum Gasteiger partial charge on any atom is 0.326 e. The Balaban J connectivity index is 2.97. The van der Waals surface area contributed by atoms with E-state index in [0.29, 0.717) is 11.3 Å². The first-order valence-corrected chi connectivity index (χ1v) is 11.8. The maximum atomic E-state index is 12.9. The second-order valence-electron chi connectivity index (χ2n) is 7.45. The lowest BCUT2D eigenvalue weighted by atomic mass is 10.0. The topological polar surface area (TPSA) is 214 Å². The molecule has 0 saturated heterocycles. The molecule has 0 spiro atoms. The quantitative estimate of drug-likeness (QED) is 0.139. The van der Waals surface area contributed by atoms with Crippen molar-refractivity contribution in [2.75, 3.05) is 18.6 Å². The van der Waals surface area contributed by atoms with Crippen molar-refractivity contribution in [3.8, 4) is 0 Å². The van der Waals surface area contributed by atoms with E-state index in [1.807, 2.05) is 0 Å². The van der Waals surface area contributed by atoms with Gasteiger partial charge < -0.3 is 37.6 Å². The van der Waals surface area contributed by atoms with Crippen LogP contribution in [0.1, 0.15) is 18.4 Å². The lowest BCUT2D eigenvalue weighted by Crippen LogP contribution is -2.58. The minimum atomic E-state index is -1.44. The normalized spacial score (nSPS) is 14.2. The molecule has 0 aliphatic rings. The van der Waals surface area contributed by atoms with Gasteiger partial charge in [-0.25, -0.2) is 4.79 Å². The number of benzene rings is 1. The molecule has 0 saturated carbocycles. The van der Waals surface area contributed by atoms with Crippen LogP contribution < -0.4 is 27.4 Å². The van der Waals surface area contributed by atoms with Crippen molar-refractivity contribution in [3.63, 3.8) is 0 Å². The number of nitrogens with one attached hydrogen (secondary N) is 3. The standard InChI is InChI=1S/C21H31N5O7S/c1-34-8-7-14(19(30)26-16(21(32)33)9-12-5-3-2-4-6-12)24-20(31)15(10-17(23)28)25-18(29)13(22)11-27/h2-6,13-16,27H,7-11,22H2,1H3,(H2,23,28)(H,24,31)(H,25,29)(H,26,30)(H,32,33). The van der Waals surface area contributed by atoms with Crippen molar-refractivity contribution in [1.82, 2.24) is 16.0 Å². The van der Waals surface area contributed by atoms with Gasteiger partial charge in [0.15, 0.2) is 0 Å². The first-order chi connectivity index (χ1) is 16.1. The van der Waals surface area contributed by atoms with E-state index in [-0.39, 0.29) is 12.8 Å². The molecular weight excluding hydrogens is 466 g/mol. The Labute approximate surface area is 201 Å². The van der Waals surface area contributed by atoms with E-state index in [4.69, 9.17) is 16.6 Å². The maximum absolute atomic E-state index is 12.9. The first kappa shape index (κ1) is 28.9. The third-order valence-electron chi connectivity index (χ3n) is 4.71. The summed E-state index contributed by atoms with van der Waals surface area (Å²) in [4.78, 5) is 60.7. The van der Waals surface area contributed by atoms with E-state index in [1.165, 1.54) is 11.8 Å². The van der Waals surface area contributed by atoms with Gasteiger partial charge >= 0.3 is 5.97 Å². The average molecular weight is 498 g/mol. The van der Waals surface area contributed by atoms with E-state index < -0.39 is 66.8 Å². The number of aliphatic carboxylic acids is 1. The highest BCUT2D eigenvalue weighted by molar-refractivity contribution is 7.98. The minimum Gasteiger partial charge on any atom is -0.480 e. The molecule has 1 aromatic carbocycles. The number of hydrogen-bond donors (Lipinski definition) is 7. The summed E-state index contributed by atoms with van der Waals surface area (Å²) in [6.45, 7) is -0.687. The Morgan fingerprint density at radius 3 is 2.03 bits per heavy atom. The van der Waals surface area contributed by atoms with E-state index in [0.717, 1.165) is 0 Å². The number of rotatable bonds is 15. The molecule has 4 amide bonds. The molecule has 1 rings (SSSR count). The molecule has 0 aliphatic heterocycles. The third kappa shape index (κ3) is 10.2. The van der Waals surface area contributed by atoms with Gasteiger partial charge in [-0.05, 0) is 24.0 Å². The van der Waals surface area contributed by atoms with E-state index in [2.05, 4.69) is 16.0 Å². The molecule has 1 aromatic rings. The fourth-order valence-electron chi connectivity index (χ4n) is 2.87. The highest BCUT2D eigenvalue weighted by Crippen LogP contribution is 2.07. The summed E-state index contributed by atoms with van der Waals surface area (Å²) in [6.07, 6.45) is 1.41. The summed E-state index contributed by atoms with van der Waals surface area (Å²) < 4.78 is 0. The Morgan fingerprint density at radius 1 is 0.941 bits per heavy atom. The van der Waals surface area contributed by atoms with Crippen LogP contribution in [0.4, 0.5) is 0 Å². The van der Waals surface area contributed by atoms with Gasteiger partial charge in [0.1, 0.15) is 24.2 Å². The van der Waals surface area contributed by atoms with Crippen LogP contribution in [0.3, 0.4) is 0 Å². The van der Waals surface area contributed by atoms with Gasteiger partial charge in [-0.3, -0.25) is 19.2 Å². The van der Waals surface area contributed by atoms with Crippen molar-refractivity contribution in [2.24, 2.45) is 11.5 Å². The summed E-state index contributed by atoms with van der Waals surface area (Å²) in [5.74, 6) is -4.18. The van der Waals surface area contributed by atoms with Gasteiger partial charge in [-0.2, -0.15) is 11.8 Å². The molecule has 0 heterocycles. The zero-order valence-corrected chi connectivity index (χ0v) is 19.5. The molecule has 0 aliphatic carbocycles. The van der Waals surface area contributed by atoms with Crippen LogP contribution >= 0.6 is 11.8 Å². The van der Waals surface area contributed by atoms with Gasteiger partial charge in [0.2, 0.25) is 23.6 Å². The number of amides is 4. The summed E-state index contributed by atoms with van der Waals surface area (Å²) in [6, 6.07) is 3.57. The van der Waals surface area contributed by atoms with Crippen molar-refractivity contribution in [3.05, 3.63) is 35.9 Å². The Hall–Kier alpha value is -3.16. The summed E-state index contributed by atoms with van der Waals surface area (Å²) >= 11 is 1.40. The lowest BCUT2D eigenvalue weighted by molar-refractivity contribution is -0.142. The second-order valence-corrected chi connectivity index (χ2v) is 8.44. The number of carbonyl (C=O) groups excluding carboxylic acids is 4. The van der Waals surface area contributed by atoms with Crippen LogP contribution in [0.25, 0.3) is 0 Å². The highest BCUT2D eigenvalue weighted by atomic mass is 32.2. The zero-order valence-electron chi connectivity index (χ0n) is 18.7. The molecule has 4 unspecified atom stereocenters. The largest absolute Gasteiger partial charge is 0.480 e. The summed E-state index contributed by atoms with van der Waals surface area (Å²) in [7, 11) is 0. The number of carbonyl (C=O) groups is 5. The number of hydrogen-bond acceptors (Lipinski definition) is 8. The molecule has 12 nitrogen and oxygen atoms in total. The molecule has 0 aromatic heterocycles.